The molecule has 1 aliphatic carbocycles. The minimum atomic E-state index is -2.51. The lowest BCUT2D eigenvalue weighted by molar-refractivity contribution is -0.302. The molecule has 1 amide bonds. The number of aliphatic hydroxyl groups excluding tert-OH is 2. The first-order chi connectivity index (χ1) is 27.0. The summed E-state index contributed by atoms with van der Waals surface area (Å²) < 4.78 is 29.7. The average molecular weight is 804 g/mol. The first-order valence-corrected chi connectivity index (χ1v) is 20.9. The van der Waals surface area contributed by atoms with Crippen molar-refractivity contribution >= 4 is 23.4 Å². The lowest BCUT2D eigenvalue weighted by atomic mass is 9.81. The smallest absolute Gasteiger partial charge is 0.329 e. The van der Waals surface area contributed by atoms with Gasteiger partial charge in [0, 0.05) is 52.0 Å². The second-order valence-electron chi connectivity index (χ2n) is 17.3. The van der Waals surface area contributed by atoms with E-state index in [0.29, 0.717) is 56.9 Å². The molecule has 0 spiro atoms. The number of fused-ring (bicyclic) bond motifs is 3. The Hall–Kier alpha value is -2.78. The van der Waals surface area contributed by atoms with Crippen LogP contribution in [0.15, 0.2) is 36.0 Å². The summed E-state index contributed by atoms with van der Waals surface area (Å²) in [6.07, 6.45) is 4.93. The SMILES string of the molecule is C=CC[C@H]1/C=C(\C)C[C@H](C)C[C@H](OC)[C@@H]2O[C@@](O)(C(=O)C(=O)N3CCCC[C@H]3C(=O)O[C@H](/C(C)=C/[C@@H]3CC[C@@H](O)[C@H](OC)C3)[C@@H](C)[C@@H](O)CC1=O)[C@H](C)C[C@@H]2OC. The van der Waals surface area contributed by atoms with E-state index in [1.807, 2.05) is 32.9 Å². The van der Waals surface area contributed by atoms with E-state index < -0.39 is 83.9 Å². The van der Waals surface area contributed by atoms with Gasteiger partial charge in [-0.15, -0.1) is 6.58 Å². The van der Waals surface area contributed by atoms with Crippen LogP contribution in [0.4, 0.5) is 0 Å². The minimum absolute atomic E-state index is 0.00988. The van der Waals surface area contributed by atoms with E-state index in [-0.39, 0.29) is 49.5 Å². The predicted molar refractivity (Wildman–Crippen MR) is 213 cm³/mol. The summed E-state index contributed by atoms with van der Waals surface area (Å²) in [4.78, 5) is 57.8. The number of ketones is 2. The van der Waals surface area contributed by atoms with Gasteiger partial charge in [-0.05, 0) is 95.5 Å². The van der Waals surface area contributed by atoms with Crippen molar-refractivity contribution in [3.05, 3.63) is 36.0 Å². The highest BCUT2D eigenvalue weighted by molar-refractivity contribution is 6.39. The van der Waals surface area contributed by atoms with Crippen molar-refractivity contribution < 1.29 is 58.2 Å². The van der Waals surface area contributed by atoms with Crippen LogP contribution < -0.4 is 0 Å². The van der Waals surface area contributed by atoms with Crippen molar-refractivity contribution in [3.63, 3.8) is 0 Å². The zero-order valence-corrected chi connectivity index (χ0v) is 35.4. The number of methoxy groups -OCH3 is 3. The molecular weight excluding hydrogens is 734 g/mol. The topological polar surface area (TPSA) is 178 Å². The van der Waals surface area contributed by atoms with Gasteiger partial charge in [0.05, 0.1) is 30.5 Å². The molecule has 2 bridgehead atoms. The van der Waals surface area contributed by atoms with E-state index in [4.69, 9.17) is 23.7 Å². The lowest BCUT2D eigenvalue weighted by Crippen LogP contribution is -2.64. The Labute approximate surface area is 339 Å². The molecule has 3 heterocycles. The second kappa shape index (κ2) is 21.0. The number of hydrogen-bond donors (Lipinski definition) is 3. The van der Waals surface area contributed by atoms with Crippen LogP contribution in [0, 0.1) is 29.6 Å². The molecule has 57 heavy (non-hydrogen) atoms. The number of amides is 1. The second-order valence-corrected chi connectivity index (χ2v) is 17.3. The van der Waals surface area contributed by atoms with Gasteiger partial charge in [0.25, 0.3) is 11.7 Å². The monoisotopic (exact) mass is 803 g/mol. The van der Waals surface area contributed by atoms with Gasteiger partial charge < -0.3 is 43.9 Å². The third-order valence-corrected chi connectivity index (χ3v) is 12.9. The maximum absolute atomic E-state index is 14.3. The zero-order chi connectivity index (χ0) is 42.2. The minimum Gasteiger partial charge on any atom is -0.456 e. The Kier molecular flexibility index (Phi) is 17.2. The maximum Gasteiger partial charge on any atom is 0.329 e. The molecule has 1 saturated carbocycles. The molecule has 3 aliphatic heterocycles. The van der Waals surface area contributed by atoms with Crippen molar-refractivity contribution in [2.24, 2.45) is 29.6 Å². The number of ether oxygens (including phenoxy) is 5. The van der Waals surface area contributed by atoms with Gasteiger partial charge in [0.2, 0.25) is 5.79 Å². The van der Waals surface area contributed by atoms with Crippen molar-refractivity contribution in [3.8, 4) is 0 Å². The number of allylic oxidation sites excluding steroid dienone is 4. The zero-order valence-electron chi connectivity index (χ0n) is 35.4. The number of carbonyl (C=O) groups is 4. The van der Waals surface area contributed by atoms with E-state index in [0.717, 1.165) is 5.57 Å². The Morgan fingerprint density at radius 2 is 1.60 bits per heavy atom. The number of aliphatic hydroxyl groups is 3. The summed E-state index contributed by atoms with van der Waals surface area (Å²) in [6, 6.07) is -1.14. The van der Waals surface area contributed by atoms with Gasteiger partial charge in [-0.2, -0.15) is 0 Å². The standard InChI is InChI=1S/C44H69NO12/c1-10-13-31-19-25(2)18-26(3)20-37(54-8)40-38(55-9)22-28(5)44(52,57-40)41(49)42(50)45-17-12-11-14-32(45)43(51)56-39(29(6)34(47)24-35(31)48)27(4)21-30-15-16-33(46)36(23-30)53-7/h10,19,21,26,28-34,36-40,46-47,52H,1,11-18,20,22-24H2,2-9H3/b25-19+,27-21+/t26-,28+,29-,30-,31-,32-,33+,34-,36+,37-,38-,39+,40-,44+/m0/s1. The summed E-state index contributed by atoms with van der Waals surface area (Å²) in [5, 5.41) is 34.1. The van der Waals surface area contributed by atoms with Crippen LogP contribution in [-0.2, 0) is 42.9 Å². The first kappa shape index (κ1) is 46.9. The molecule has 4 rings (SSSR count). The largest absolute Gasteiger partial charge is 0.456 e. The molecule has 14 atom stereocenters. The van der Waals surface area contributed by atoms with Gasteiger partial charge in [-0.3, -0.25) is 14.4 Å². The summed E-state index contributed by atoms with van der Waals surface area (Å²) in [5.74, 6) is -7.76. The number of cyclic esters (lactones) is 1. The van der Waals surface area contributed by atoms with Gasteiger partial charge in [-0.25, -0.2) is 4.79 Å². The molecule has 0 unspecified atom stereocenters. The molecule has 13 heteroatoms. The van der Waals surface area contributed by atoms with Gasteiger partial charge in [-0.1, -0.05) is 44.6 Å². The third-order valence-electron chi connectivity index (χ3n) is 12.9. The highest BCUT2D eigenvalue weighted by Gasteiger charge is 2.56. The molecule has 0 radical (unpaired) electrons. The Morgan fingerprint density at radius 1 is 0.930 bits per heavy atom. The van der Waals surface area contributed by atoms with E-state index in [2.05, 4.69) is 6.58 Å². The summed E-state index contributed by atoms with van der Waals surface area (Å²) in [6.45, 7) is 13.1. The molecule has 4 aliphatic rings. The van der Waals surface area contributed by atoms with E-state index in [1.54, 1.807) is 27.0 Å². The highest BCUT2D eigenvalue weighted by Crippen LogP contribution is 2.39. The van der Waals surface area contributed by atoms with E-state index >= 15 is 0 Å². The number of Topliss-reactive ketones (excluding diaryl/α,β-unsaturated/α-hetero) is 2. The van der Waals surface area contributed by atoms with Gasteiger partial charge in [0.1, 0.15) is 24.0 Å². The lowest BCUT2D eigenvalue weighted by Gasteiger charge is -2.47. The van der Waals surface area contributed by atoms with Crippen molar-refractivity contribution in [1.82, 2.24) is 4.90 Å². The molecule has 322 valence electrons. The molecule has 13 nitrogen and oxygen atoms in total. The molecule has 3 fully saturated rings. The molecule has 0 aromatic carbocycles. The van der Waals surface area contributed by atoms with Crippen LogP contribution in [0.25, 0.3) is 0 Å². The Morgan fingerprint density at radius 3 is 2.25 bits per heavy atom. The first-order valence-electron chi connectivity index (χ1n) is 20.9. The fourth-order valence-electron chi connectivity index (χ4n) is 9.42. The van der Waals surface area contributed by atoms with Crippen LogP contribution in [0.3, 0.4) is 0 Å². The molecule has 0 aromatic heterocycles. The van der Waals surface area contributed by atoms with Gasteiger partial charge >= 0.3 is 5.97 Å². The fourth-order valence-corrected chi connectivity index (χ4v) is 9.42. The summed E-state index contributed by atoms with van der Waals surface area (Å²) >= 11 is 0. The summed E-state index contributed by atoms with van der Waals surface area (Å²) in [5.41, 5.74) is 1.61. The normalized spacial score (nSPS) is 41.0. The number of esters is 1. The molecule has 0 aromatic rings. The van der Waals surface area contributed by atoms with E-state index in [1.165, 1.54) is 19.1 Å². The predicted octanol–water partition coefficient (Wildman–Crippen LogP) is 4.64. The van der Waals surface area contributed by atoms with E-state index in [9.17, 15) is 34.5 Å². The fraction of sp³-hybridized carbons (Fsp3) is 0.773. The maximum atomic E-state index is 14.3. The number of piperidine rings is 1. The average Bonchev–Trinajstić information content (AvgIpc) is 3.18. The van der Waals surface area contributed by atoms with Crippen molar-refractivity contribution in [2.75, 3.05) is 27.9 Å². The molecular formula is C44H69NO12. The van der Waals surface area contributed by atoms with Crippen molar-refractivity contribution in [1.29, 1.82) is 0 Å². The highest BCUT2D eigenvalue weighted by atomic mass is 16.7. The molecule has 2 saturated heterocycles. The van der Waals surface area contributed by atoms with Crippen molar-refractivity contribution in [2.45, 2.75) is 160 Å². The van der Waals surface area contributed by atoms with Crippen LogP contribution in [0.2, 0.25) is 0 Å². The number of rotatable bonds is 7. The molecule has 3 N–H and O–H groups in total. The van der Waals surface area contributed by atoms with Gasteiger partial charge in [0.15, 0.2) is 0 Å². The van der Waals surface area contributed by atoms with Crippen LogP contribution in [0.1, 0.15) is 105 Å². The number of hydrogen-bond acceptors (Lipinski definition) is 12. The number of carbonyl (C=O) groups excluding carboxylic acids is 4. The Bertz CT molecular complexity index is 1480. The quantitative estimate of drug-likeness (QED) is 0.185. The van der Waals surface area contributed by atoms with Crippen LogP contribution in [0.5, 0.6) is 0 Å². The Balaban J connectivity index is 1.78. The third kappa shape index (κ3) is 11.3. The summed E-state index contributed by atoms with van der Waals surface area (Å²) in [7, 11) is 4.61. The van der Waals surface area contributed by atoms with Crippen LogP contribution >= 0.6 is 0 Å². The van der Waals surface area contributed by atoms with Crippen LogP contribution in [-0.4, -0.2) is 126 Å². The number of nitrogens with zero attached hydrogens (tertiary/aromatic N) is 1.